The SMILES string of the molecule is C[C@@H]1CN(C(=O)/C(C#N)=C2\N=C(NC(=O)c3ccc(Cl)cc3Cl)c3ccccc32)C[C@H](C)O1. The zero-order chi connectivity index (χ0) is 23.7. The number of ether oxygens (including phenoxy) is 1. The maximum Gasteiger partial charge on any atom is 0.266 e. The summed E-state index contributed by atoms with van der Waals surface area (Å²) in [6.07, 6.45) is -0.276. The molecule has 0 aliphatic carbocycles. The third kappa shape index (κ3) is 4.64. The number of fused-ring (bicyclic) bond motifs is 1. The number of nitrogens with zero attached hydrogens (tertiary/aromatic N) is 3. The van der Waals surface area contributed by atoms with Crippen LogP contribution in [0.2, 0.25) is 10.0 Å². The fraction of sp³-hybridized carbons (Fsp3) is 0.250. The molecule has 0 unspecified atom stereocenters. The number of amidine groups is 1. The molecule has 1 saturated heterocycles. The van der Waals surface area contributed by atoms with Gasteiger partial charge in [0.1, 0.15) is 17.5 Å². The highest BCUT2D eigenvalue weighted by atomic mass is 35.5. The van der Waals surface area contributed by atoms with Gasteiger partial charge in [-0.2, -0.15) is 5.26 Å². The Morgan fingerprint density at radius 1 is 1.12 bits per heavy atom. The van der Waals surface area contributed by atoms with Crippen LogP contribution >= 0.6 is 23.2 Å². The van der Waals surface area contributed by atoms with E-state index < -0.39 is 11.8 Å². The lowest BCUT2D eigenvalue weighted by Gasteiger charge is -2.35. The average molecular weight is 483 g/mol. The Bertz CT molecular complexity index is 1240. The third-order valence-electron chi connectivity index (χ3n) is 5.34. The lowest BCUT2D eigenvalue weighted by molar-refractivity contribution is -0.138. The van der Waals surface area contributed by atoms with Crippen molar-refractivity contribution in [2.45, 2.75) is 26.1 Å². The largest absolute Gasteiger partial charge is 0.372 e. The van der Waals surface area contributed by atoms with Crippen molar-refractivity contribution in [1.82, 2.24) is 10.2 Å². The average Bonchev–Trinajstić information content (AvgIpc) is 3.11. The van der Waals surface area contributed by atoms with Crippen LogP contribution in [-0.4, -0.2) is 47.8 Å². The Labute approximate surface area is 201 Å². The molecular formula is C24H20Cl2N4O3. The van der Waals surface area contributed by atoms with E-state index in [-0.39, 0.29) is 39.9 Å². The molecular weight excluding hydrogens is 463 g/mol. The highest BCUT2D eigenvalue weighted by Gasteiger charge is 2.32. The fourth-order valence-corrected chi connectivity index (χ4v) is 4.46. The molecule has 2 aromatic carbocycles. The first-order valence-electron chi connectivity index (χ1n) is 10.3. The van der Waals surface area contributed by atoms with E-state index >= 15 is 0 Å². The predicted molar refractivity (Wildman–Crippen MR) is 126 cm³/mol. The molecule has 1 fully saturated rings. The van der Waals surface area contributed by atoms with Crippen molar-refractivity contribution in [1.29, 1.82) is 5.26 Å². The van der Waals surface area contributed by atoms with E-state index in [4.69, 9.17) is 27.9 Å². The molecule has 33 heavy (non-hydrogen) atoms. The summed E-state index contributed by atoms with van der Waals surface area (Å²) >= 11 is 12.1. The minimum atomic E-state index is -0.480. The standard InChI is InChI=1S/C24H20Cl2N4O3/c1-13-11-30(12-14(2)33-13)24(32)19(10-27)21-16-5-3-4-6-17(16)22(28-21)29-23(31)18-8-7-15(25)9-20(18)26/h3-9,13-14H,11-12H2,1-2H3,(H,28,29,31)/b21-19-/t13-,14+. The second-order valence-electron chi connectivity index (χ2n) is 7.89. The molecule has 0 bridgehead atoms. The second-order valence-corrected chi connectivity index (χ2v) is 8.73. The number of rotatable bonds is 2. The zero-order valence-corrected chi connectivity index (χ0v) is 19.4. The van der Waals surface area contributed by atoms with E-state index in [1.54, 1.807) is 35.2 Å². The molecule has 4 rings (SSSR count). The number of halogens is 2. The van der Waals surface area contributed by atoms with Gasteiger partial charge in [0.25, 0.3) is 11.8 Å². The Morgan fingerprint density at radius 3 is 2.42 bits per heavy atom. The molecule has 7 nitrogen and oxygen atoms in total. The van der Waals surface area contributed by atoms with Crippen LogP contribution in [0.3, 0.4) is 0 Å². The van der Waals surface area contributed by atoms with E-state index in [2.05, 4.69) is 10.3 Å². The minimum absolute atomic E-state index is 0.0856. The van der Waals surface area contributed by atoms with Crippen LogP contribution in [-0.2, 0) is 9.53 Å². The molecule has 2 aromatic rings. The Hall–Kier alpha value is -3.18. The van der Waals surface area contributed by atoms with Gasteiger partial charge in [-0.1, -0.05) is 47.5 Å². The summed E-state index contributed by atoms with van der Waals surface area (Å²) in [5, 5.41) is 13.2. The number of nitriles is 1. The first-order valence-corrected chi connectivity index (χ1v) is 11.1. The van der Waals surface area contributed by atoms with Gasteiger partial charge in [-0.25, -0.2) is 4.99 Å². The number of aliphatic imine (C=N–C) groups is 1. The number of hydrogen-bond donors (Lipinski definition) is 1. The third-order valence-corrected chi connectivity index (χ3v) is 5.89. The normalized spacial score (nSPS) is 21.1. The van der Waals surface area contributed by atoms with E-state index in [1.807, 2.05) is 19.9 Å². The van der Waals surface area contributed by atoms with Crippen LogP contribution in [0.25, 0.3) is 5.70 Å². The van der Waals surface area contributed by atoms with Gasteiger partial charge in [0.05, 0.1) is 28.5 Å². The van der Waals surface area contributed by atoms with Gasteiger partial charge in [-0.15, -0.1) is 0 Å². The maximum absolute atomic E-state index is 13.2. The van der Waals surface area contributed by atoms with Crippen molar-refractivity contribution in [3.8, 4) is 6.07 Å². The van der Waals surface area contributed by atoms with Crippen molar-refractivity contribution >= 4 is 46.5 Å². The first kappa shape index (κ1) is 23.0. The highest BCUT2D eigenvalue weighted by Crippen LogP contribution is 2.32. The van der Waals surface area contributed by atoms with Gasteiger partial charge < -0.3 is 15.0 Å². The molecule has 2 aliphatic heterocycles. The number of morpholine rings is 1. The summed E-state index contributed by atoms with van der Waals surface area (Å²) in [7, 11) is 0. The fourth-order valence-electron chi connectivity index (χ4n) is 3.97. The van der Waals surface area contributed by atoms with Crippen LogP contribution < -0.4 is 5.32 Å². The highest BCUT2D eigenvalue weighted by molar-refractivity contribution is 6.37. The Morgan fingerprint density at radius 2 is 1.79 bits per heavy atom. The van der Waals surface area contributed by atoms with Crippen LogP contribution in [0, 0.1) is 11.3 Å². The van der Waals surface area contributed by atoms with Crippen molar-refractivity contribution in [2.24, 2.45) is 4.99 Å². The van der Waals surface area contributed by atoms with Crippen molar-refractivity contribution in [3.63, 3.8) is 0 Å². The van der Waals surface area contributed by atoms with E-state index in [9.17, 15) is 14.9 Å². The van der Waals surface area contributed by atoms with E-state index in [0.29, 0.717) is 29.2 Å². The molecule has 2 amide bonds. The van der Waals surface area contributed by atoms with Crippen LogP contribution in [0.1, 0.15) is 35.3 Å². The molecule has 0 saturated carbocycles. The van der Waals surface area contributed by atoms with Gasteiger partial charge in [-0.3, -0.25) is 9.59 Å². The first-order chi connectivity index (χ1) is 15.8. The number of amides is 2. The molecule has 0 spiro atoms. The van der Waals surface area contributed by atoms with Gasteiger partial charge >= 0.3 is 0 Å². The minimum Gasteiger partial charge on any atom is -0.372 e. The molecule has 0 radical (unpaired) electrons. The summed E-state index contributed by atoms with van der Waals surface area (Å²) in [5.74, 6) is -0.658. The monoisotopic (exact) mass is 482 g/mol. The molecule has 9 heteroatoms. The summed E-state index contributed by atoms with van der Waals surface area (Å²) in [4.78, 5) is 32.2. The molecule has 1 N–H and O–H groups in total. The van der Waals surface area contributed by atoms with Crippen LogP contribution in [0.4, 0.5) is 0 Å². The molecule has 0 aromatic heterocycles. The van der Waals surface area contributed by atoms with Gasteiger partial charge in [-0.05, 0) is 32.0 Å². The van der Waals surface area contributed by atoms with E-state index in [1.165, 1.54) is 12.1 Å². The van der Waals surface area contributed by atoms with Crippen molar-refractivity contribution in [3.05, 3.63) is 74.8 Å². The second kappa shape index (κ2) is 9.36. The number of carbonyl (C=O) groups excluding carboxylic acids is 2. The molecule has 168 valence electrons. The van der Waals surface area contributed by atoms with Gasteiger partial charge in [0.15, 0.2) is 0 Å². The Kier molecular flexibility index (Phi) is 6.52. The zero-order valence-electron chi connectivity index (χ0n) is 17.9. The number of nitrogens with one attached hydrogen (secondary N) is 1. The molecule has 2 aliphatic rings. The lowest BCUT2D eigenvalue weighted by atomic mass is 10.0. The quantitative estimate of drug-likeness (QED) is 0.515. The summed E-state index contributed by atoms with van der Waals surface area (Å²) in [6, 6.07) is 13.7. The topological polar surface area (TPSA) is 94.8 Å². The lowest BCUT2D eigenvalue weighted by Crippen LogP contribution is -2.48. The van der Waals surface area contributed by atoms with Crippen LogP contribution in [0.15, 0.2) is 53.0 Å². The summed E-state index contributed by atoms with van der Waals surface area (Å²) in [5.41, 5.74) is 1.57. The maximum atomic E-state index is 13.2. The summed E-state index contributed by atoms with van der Waals surface area (Å²) < 4.78 is 5.69. The van der Waals surface area contributed by atoms with Gasteiger partial charge in [0, 0.05) is 29.2 Å². The predicted octanol–water partition coefficient (Wildman–Crippen LogP) is 4.05. The number of benzene rings is 2. The molecule has 2 atom stereocenters. The summed E-state index contributed by atoms with van der Waals surface area (Å²) in [6.45, 7) is 4.53. The van der Waals surface area contributed by atoms with E-state index in [0.717, 1.165) is 0 Å². The van der Waals surface area contributed by atoms with Gasteiger partial charge in [0.2, 0.25) is 0 Å². The number of carbonyl (C=O) groups is 2. The van der Waals surface area contributed by atoms with Crippen LogP contribution in [0.5, 0.6) is 0 Å². The van der Waals surface area contributed by atoms with Crippen molar-refractivity contribution in [2.75, 3.05) is 13.1 Å². The smallest absolute Gasteiger partial charge is 0.266 e. The Balaban J connectivity index is 1.71. The van der Waals surface area contributed by atoms with Crippen molar-refractivity contribution < 1.29 is 14.3 Å². The number of hydrogen-bond acceptors (Lipinski definition) is 5. The molecule has 2 heterocycles.